The Morgan fingerprint density at radius 1 is 0.885 bits per heavy atom. The van der Waals surface area contributed by atoms with Crippen molar-refractivity contribution in [3.05, 3.63) is 88.7 Å². The number of carbonyl (C=O) groups excluding carboxylic acids is 1. The fourth-order valence-corrected chi connectivity index (χ4v) is 2.49. The maximum Gasteiger partial charge on any atom is 0.315 e. The van der Waals surface area contributed by atoms with Gasteiger partial charge < -0.3 is 10.6 Å². The number of urea groups is 1. The minimum Gasteiger partial charge on any atom is -0.336 e. The summed E-state index contributed by atoms with van der Waals surface area (Å²) in [5.41, 5.74) is 2.49. The second-order valence-corrected chi connectivity index (χ2v) is 5.74. The first kappa shape index (κ1) is 17.4. The van der Waals surface area contributed by atoms with Crippen molar-refractivity contribution in [2.75, 3.05) is 6.54 Å². The quantitative estimate of drug-likeness (QED) is 0.718. The van der Waals surface area contributed by atoms with Crippen LogP contribution < -0.4 is 16.2 Å². The Morgan fingerprint density at radius 2 is 1.58 bits per heavy atom. The highest BCUT2D eigenvalue weighted by atomic mass is 16.2. The Hall–Kier alpha value is -3.41. The number of nitrogens with zero attached hydrogens (tertiary/aromatic N) is 2. The van der Waals surface area contributed by atoms with Crippen molar-refractivity contribution in [2.24, 2.45) is 0 Å². The van der Waals surface area contributed by atoms with Gasteiger partial charge in [-0.25, -0.2) is 9.48 Å². The Bertz CT molecular complexity index is 908. The van der Waals surface area contributed by atoms with Crippen LogP contribution in [-0.2, 0) is 13.1 Å². The average Bonchev–Trinajstić information content (AvgIpc) is 2.69. The van der Waals surface area contributed by atoms with Crippen LogP contribution in [0.15, 0.2) is 77.6 Å². The molecule has 0 fully saturated rings. The standard InChI is InChI=1S/C20H20N4O2/c25-19-12-11-18(17-9-5-2-6-10-17)23-24(19)14-13-21-20(26)22-15-16-7-3-1-4-8-16/h1-12H,13-15H2,(H2,21,22,26). The average molecular weight is 348 g/mol. The van der Waals surface area contributed by atoms with Gasteiger partial charge in [0, 0.05) is 24.7 Å². The minimum absolute atomic E-state index is 0.198. The van der Waals surface area contributed by atoms with Gasteiger partial charge in [-0.15, -0.1) is 0 Å². The van der Waals surface area contributed by atoms with Crippen molar-refractivity contribution in [1.29, 1.82) is 0 Å². The van der Waals surface area contributed by atoms with E-state index in [0.717, 1.165) is 16.8 Å². The third kappa shape index (κ3) is 4.80. The smallest absolute Gasteiger partial charge is 0.315 e. The Balaban J connectivity index is 1.53. The van der Waals surface area contributed by atoms with E-state index in [2.05, 4.69) is 15.7 Å². The second kappa shape index (κ2) is 8.62. The molecule has 0 spiro atoms. The zero-order chi connectivity index (χ0) is 18.2. The molecule has 6 nitrogen and oxygen atoms in total. The molecule has 0 bridgehead atoms. The normalized spacial score (nSPS) is 10.3. The summed E-state index contributed by atoms with van der Waals surface area (Å²) in [7, 11) is 0. The van der Waals surface area contributed by atoms with E-state index in [0.29, 0.717) is 19.6 Å². The lowest BCUT2D eigenvalue weighted by atomic mass is 10.1. The van der Waals surface area contributed by atoms with Crippen LogP contribution in [0.25, 0.3) is 11.3 Å². The van der Waals surface area contributed by atoms with E-state index in [9.17, 15) is 9.59 Å². The third-order valence-corrected chi connectivity index (χ3v) is 3.84. The number of carbonyl (C=O) groups is 1. The number of nitrogens with one attached hydrogen (secondary N) is 2. The summed E-state index contributed by atoms with van der Waals surface area (Å²) < 4.78 is 1.36. The van der Waals surface area contributed by atoms with E-state index in [1.54, 1.807) is 6.07 Å². The SMILES string of the molecule is O=C(NCCn1nc(-c2ccccc2)ccc1=O)NCc1ccccc1. The summed E-state index contributed by atoms with van der Waals surface area (Å²) in [5.74, 6) is 0. The van der Waals surface area contributed by atoms with Crippen molar-refractivity contribution in [3.8, 4) is 11.3 Å². The zero-order valence-corrected chi connectivity index (χ0v) is 14.3. The predicted molar refractivity (Wildman–Crippen MR) is 101 cm³/mol. The van der Waals surface area contributed by atoms with Crippen molar-refractivity contribution in [3.63, 3.8) is 0 Å². The first-order valence-corrected chi connectivity index (χ1v) is 8.41. The molecule has 6 heteroatoms. The van der Waals surface area contributed by atoms with Gasteiger partial charge in [-0.1, -0.05) is 60.7 Å². The number of hydrogen-bond acceptors (Lipinski definition) is 3. The van der Waals surface area contributed by atoms with E-state index in [1.807, 2.05) is 60.7 Å². The summed E-state index contributed by atoms with van der Waals surface area (Å²) in [6.07, 6.45) is 0. The number of hydrogen-bond donors (Lipinski definition) is 2. The Kier molecular flexibility index (Phi) is 5.77. The lowest BCUT2D eigenvalue weighted by molar-refractivity contribution is 0.240. The highest BCUT2D eigenvalue weighted by molar-refractivity contribution is 5.73. The monoisotopic (exact) mass is 348 g/mol. The van der Waals surface area contributed by atoms with Crippen LogP contribution in [0.4, 0.5) is 4.79 Å². The van der Waals surface area contributed by atoms with Crippen LogP contribution in [-0.4, -0.2) is 22.4 Å². The summed E-state index contributed by atoms with van der Waals surface area (Å²) in [4.78, 5) is 23.8. The van der Waals surface area contributed by atoms with Crippen molar-refractivity contribution in [1.82, 2.24) is 20.4 Å². The molecule has 0 atom stereocenters. The minimum atomic E-state index is -0.277. The summed E-state index contributed by atoms with van der Waals surface area (Å²) >= 11 is 0. The molecule has 1 aromatic heterocycles. The van der Waals surface area contributed by atoms with Crippen LogP contribution >= 0.6 is 0 Å². The fourth-order valence-electron chi connectivity index (χ4n) is 2.49. The highest BCUT2D eigenvalue weighted by Crippen LogP contribution is 2.13. The van der Waals surface area contributed by atoms with Crippen molar-refractivity contribution < 1.29 is 4.79 Å². The van der Waals surface area contributed by atoms with Crippen LogP contribution in [0.3, 0.4) is 0 Å². The highest BCUT2D eigenvalue weighted by Gasteiger charge is 2.04. The first-order valence-electron chi connectivity index (χ1n) is 8.41. The second-order valence-electron chi connectivity index (χ2n) is 5.74. The molecule has 132 valence electrons. The molecule has 0 aliphatic heterocycles. The topological polar surface area (TPSA) is 76.0 Å². The molecule has 2 N–H and O–H groups in total. The van der Waals surface area contributed by atoms with E-state index >= 15 is 0 Å². The molecule has 0 aliphatic carbocycles. The summed E-state index contributed by atoms with van der Waals surface area (Å²) in [5, 5.41) is 9.88. The predicted octanol–water partition coefficient (Wildman–Crippen LogP) is 2.41. The maximum absolute atomic E-state index is 12.0. The molecular formula is C20H20N4O2. The van der Waals surface area contributed by atoms with Crippen LogP contribution in [0.2, 0.25) is 0 Å². The number of benzene rings is 2. The van der Waals surface area contributed by atoms with Gasteiger partial charge >= 0.3 is 6.03 Å². The van der Waals surface area contributed by atoms with E-state index in [4.69, 9.17) is 0 Å². The van der Waals surface area contributed by atoms with E-state index in [1.165, 1.54) is 10.7 Å². The molecule has 0 saturated carbocycles. The largest absolute Gasteiger partial charge is 0.336 e. The molecule has 1 heterocycles. The van der Waals surface area contributed by atoms with Crippen molar-refractivity contribution >= 4 is 6.03 Å². The van der Waals surface area contributed by atoms with Gasteiger partial charge in [-0.2, -0.15) is 5.10 Å². The van der Waals surface area contributed by atoms with Gasteiger partial charge in [-0.3, -0.25) is 4.79 Å². The van der Waals surface area contributed by atoms with Gasteiger partial charge in [0.25, 0.3) is 5.56 Å². The van der Waals surface area contributed by atoms with Gasteiger partial charge in [0.2, 0.25) is 0 Å². The molecule has 0 saturated heterocycles. The number of aromatic nitrogens is 2. The van der Waals surface area contributed by atoms with Gasteiger partial charge in [0.15, 0.2) is 0 Å². The molecule has 2 amide bonds. The molecule has 0 unspecified atom stereocenters. The number of rotatable bonds is 6. The molecule has 0 radical (unpaired) electrons. The van der Waals surface area contributed by atoms with Gasteiger partial charge in [0.1, 0.15) is 0 Å². The third-order valence-electron chi connectivity index (χ3n) is 3.84. The van der Waals surface area contributed by atoms with Crippen LogP contribution in [0, 0.1) is 0 Å². The zero-order valence-electron chi connectivity index (χ0n) is 14.3. The molecular weight excluding hydrogens is 328 g/mol. The number of amides is 2. The Labute approximate surface area is 151 Å². The van der Waals surface area contributed by atoms with Crippen LogP contribution in [0.5, 0.6) is 0 Å². The fraction of sp³-hybridized carbons (Fsp3) is 0.150. The molecule has 3 rings (SSSR count). The van der Waals surface area contributed by atoms with Crippen molar-refractivity contribution in [2.45, 2.75) is 13.1 Å². The molecule has 2 aromatic carbocycles. The molecule has 3 aromatic rings. The summed E-state index contributed by atoms with van der Waals surface area (Å²) in [6, 6.07) is 22.2. The maximum atomic E-state index is 12.0. The summed E-state index contributed by atoms with van der Waals surface area (Å²) in [6.45, 7) is 1.07. The lowest BCUT2D eigenvalue weighted by Gasteiger charge is -2.09. The lowest BCUT2D eigenvalue weighted by Crippen LogP contribution is -2.38. The van der Waals surface area contributed by atoms with Gasteiger partial charge in [0.05, 0.1) is 12.2 Å². The molecule has 0 aliphatic rings. The van der Waals surface area contributed by atoms with Crippen LogP contribution in [0.1, 0.15) is 5.56 Å². The molecule has 26 heavy (non-hydrogen) atoms. The van der Waals surface area contributed by atoms with E-state index < -0.39 is 0 Å². The Morgan fingerprint density at radius 3 is 2.31 bits per heavy atom. The van der Waals surface area contributed by atoms with E-state index in [-0.39, 0.29) is 11.6 Å². The first-order chi connectivity index (χ1) is 12.7. The van der Waals surface area contributed by atoms with Gasteiger partial charge in [-0.05, 0) is 11.6 Å².